The van der Waals surface area contributed by atoms with Crippen molar-refractivity contribution in [2.45, 2.75) is 18.5 Å². The van der Waals surface area contributed by atoms with Crippen LogP contribution in [0.2, 0.25) is 0 Å². The minimum atomic E-state index is -0.0969. The quantitative estimate of drug-likeness (QED) is 0.428. The number of nitrogens with one attached hydrogen (secondary N) is 1. The SMILES string of the molecule is CCOc1ccc2nc(NC(=O)CCSc3nnnn3-c3ccccc3)sc2c1. The number of nitrogens with zero attached hydrogens (tertiary/aromatic N) is 5. The van der Waals surface area contributed by atoms with Crippen LogP contribution in [-0.4, -0.2) is 43.5 Å². The molecular formula is C19H18N6O2S2. The molecule has 4 rings (SSSR count). The number of aromatic nitrogens is 5. The van der Waals surface area contributed by atoms with Crippen molar-refractivity contribution >= 4 is 44.4 Å². The Bertz CT molecular complexity index is 1110. The summed E-state index contributed by atoms with van der Waals surface area (Å²) >= 11 is 2.86. The number of anilines is 1. The van der Waals surface area contributed by atoms with Crippen LogP contribution >= 0.6 is 23.1 Å². The summed E-state index contributed by atoms with van der Waals surface area (Å²) in [4.78, 5) is 16.8. The van der Waals surface area contributed by atoms with Crippen molar-refractivity contribution in [3.05, 3.63) is 48.5 Å². The number of fused-ring (bicyclic) bond motifs is 1. The highest BCUT2D eigenvalue weighted by atomic mass is 32.2. The first-order valence-corrected chi connectivity index (χ1v) is 10.8. The number of ether oxygens (including phenoxy) is 1. The molecule has 0 aliphatic carbocycles. The van der Waals surface area contributed by atoms with Gasteiger partial charge in [-0.3, -0.25) is 4.79 Å². The number of carbonyl (C=O) groups is 1. The molecule has 0 bridgehead atoms. The molecule has 10 heteroatoms. The maximum absolute atomic E-state index is 12.3. The molecule has 0 atom stereocenters. The zero-order chi connectivity index (χ0) is 20.1. The lowest BCUT2D eigenvalue weighted by Gasteiger charge is -2.04. The molecule has 2 aromatic heterocycles. The van der Waals surface area contributed by atoms with Crippen LogP contribution in [0.3, 0.4) is 0 Å². The van der Waals surface area contributed by atoms with Crippen molar-refractivity contribution in [2.75, 3.05) is 17.7 Å². The van der Waals surface area contributed by atoms with Gasteiger partial charge in [-0.15, -0.1) is 5.10 Å². The number of hydrogen-bond donors (Lipinski definition) is 1. The number of benzene rings is 2. The van der Waals surface area contributed by atoms with Crippen LogP contribution in [0.15, 0.2) is 53.7 Å². The van der Waals surface area contributed by atoms with Gasteiger partial charge in [0.2, 0.25) is 11.1 Å². The van der Waals surface area contributed by atoms with Gasteiger partial charge in [0.05, 0.1) is 22.5 Å². The molecule has 148 valence electrons. The second-order valence-corrected chi connectivity index (χ2v) is 8.03. The lowest BCUT2D eigenvalue weighted by molar-refractivity contribution is -0.115. The molecule has 4 aromatic rings. The molecule has 8 nitrogen and oxygen atoms in total. The summed E-state index contributed by atoms with van der Waals surface area (Å²) in [6.07, 6.45) is 0.326. The zero-order valence-electron chi connectivity index (χ0n) is 15.6. The Labute approximate surface area is 175 Å². The number of tetrazole rings is 1. The van der Waals surface area contributed by atoms with E-state index in [4.69, 9.17) is 4.74 Å². The third-order valence-electron chi connectivity index (χ3n) is 3.92. The van der Waals surface area contributed by atoms with Crippen LogP contribution in [0.4, 0.5) is 5.13 Å². The molecule has 0 radical (unpaired) electrons. The minimum Gasteiger partial charge on any atom is -0.494 e. The molecule has 0 spiro atoms. The molecule has 2 heterocycles. The van der Waals surface area contributed by atoms with E-state index >= 15 is 0 Å². The van der Waals surface area contributed by atoms with Crippen molar-refractivity contribution < 1.29 is 9.53 Å². The number of rotatable bonds is 8. The fourth-order valence-electron chi connectivity index (χ4n) is 2.63. The van der Waals surface area contributed by atoms with Gasteiger partial charge in [0.1, 0.15) is 5.75 Å². The van der Waals surface area contributed by atoms with E-state index in [1.165, 1.54) is 23.1 Å². The predicted octanol–water partition coefficient (Wildman–Crippen LogP) is 3.79. The monoisotopic (exact) mass is 426 g/mol. The first-order valence-electron chi connectivity index (χ1n) is 9.03. The molecule has 0 fully saturated rings. The van der Waals surface area contributed by atoms with Crippen molar-refractivity contribution in [1.82, 2.24) is 25.2 Å². The summed E-state index contributed by atoms with van der Waals surface area (Å²) in [5.74, 6) is 1.26. The highest BCUT2D eigenvalue weighted by molar-refractivity contribution is 7.99. The number of hydrogen-bond acceptors (Lipinski definition) is 8. The summed E-state index contributed by atoms with van der Waals surface area (Å²) in [5, 5.41) is 15.9. The van der Waals surface area contributed by atoms with Crippen molar-refractivity contribution in [3.63, 3.8) is 0 Å². The van der Waals surface area contributed by atoms with E-state index in [-0.39, 0.29) is 5.91 Å². The predicted molar refractivity (Wildman–Crippen MR) is 114 cm³/mol. The standard InChI is InChI=1S/C19H18N6O2S2/c1-2-27-14-8-9-15-16(12-14)29-18(20-15)21-17(26)10-11-28-19-22-23-24-25(19)13-6-4-3-5-7-13/h3-9,12H,2,10-11H2,1H3,(H,20,21,26). The minimum absolute atomic E-state index is 0.0969. The highest BCUT2D eigenvalue weighted by Gasteiger charge is 2.12. The largest absolute Gasteiger partial charge is 0.494 e. The van der Waals surface area contributed by atoms with Gasteiger partial charge >= 0.3 is 0 Å². The van der Waals surface area contributed by atoms with Crippen molar-refractivity contribution in [2.24, 2.45) is 0 Å². The second kappa shape index (κ2) is 9.01. The summed E-state index contributed by atoms with van der Waals surface area (Å²) in [5.41, 5.74) is 1.72. The van der Waals surface area contributed by atoms with Crippen LogP contribution in [0.1, 0.15) is 13.3 Å². The summed E-state index contributed by atoms with van der Waals surface area (Å²) in [6, 6.07) is 15.4. The molecule has 1 N–H and O–H groups in total. The van der Waals surface area contributed by atoms with E-state index in [9.17, 15) is 4.79 Å². The molecule has 1 amide bonds. The fraction of sp³-hybridized carbons (Fsp3) is 0.211. The first-order chi connectivity index (χ1) is 14.2. The molecule has 0 saturated carbocycles. The summed E-state index contributed by atoms with van der Waals surface area (Å²) < 4.78 is 8.14. The van der Waals surface area contributed by atoms with Crippen LogP contribution in [0.25, 0.3) is 15.9 Å². The molecular weight excluding hydrogens is 408 g/mol. The number of thiazole rings is 1. The number of thioether (sulfide) groups is 1. The lowest BCUT2D eigenvalue weighted by atomic mass is 10.3. The highest BCUT2D eigenvalue weighted by Crippen LogP contribution is 2.29. The van der Waals surface area contributed by atoms with Crippen LogP contribution < -0.4 is 10.1 Å². The van der Waals surface area contributed by atoms with Gasteiger partial charge in [-0.05, 0) is 47.7 Å². The Balaban J connectivity index is 1.33. The molecule has 2 aromatic carbocycles. The average Bonchev–Trinajstić information content (AvgIpc) is 3.35. The number of amides is 1. The van der Waals surface area contributed by atoms with Crippen LogP contribution in [-0.2, 0) is 4.79 Å². The number of para-hydroxylation sites is 1. The van der Waals surface area contributed by atoms with Gasteiger partial charge in [-0.2, -0.15) is 4.68 Å². The molecule has 0 aliphatic heterocycles. The van der Waals surface area contributed by atoms with E-state index in [0.717, 1.165) is 21.7 Å². The molecule has 0 aliphatic rings. The van der Waals surface area contributed by atoms with Gasteiger partial charge in [-0.1, -0.05) is 41.3 Å². The third-order valence-corrected chi connectivity index (χ3v) is 5.77. The van der Waals surface area contributed by atoms with Gasteiger partial charge in [0.25, 0.3) is 0 Å². The maximum atomic E-state index is 12.3. The van der Waals surface area contributed by atoms with E-state index < -0.39 is 0 Å². The Hall–Kier alpha value is -2.98. The Morgan fingerprint density at radius 1 is 1.24 bits per heavy atom. The third kappa shape index (κ3) is 4.72. The zero-order valence-corrected chi connectivity index (χ0v) is 17.2. The Morgan fingerprint density at radius 3 is 2.93 bits per heavy atom. The maximum Gasteiger partial charge on any atom is 0.226 e. The van der Waals surface area contributed by atoms with Crippen LogP contribution in [0, 0.1) is 0 Å². The smallest absolute Gasteiger partial charge is 0.226 e. The molecule has 29 heavy (non-hydrogen) atoms. The summed E-state index contributed by atoms with van der Waals surface area (Å²) in [7, 11) is 0. The van der Waals surface area contributed by atoms with E-state index in [1.807, 2.05) is 55.5 Å². The van der Waals surface area contributed by atoms with Gasteiger partial charge in [-0.25, -0.2) is 4.98 Å². The normalized spacial score (nSPS) is 10.9. The lowest BCUT2D eigenvalue weighted by Crippen LogP contribution is -2.12. The van der Waals surface area contributed by atoms with Crippen molar-refractivity contribution in [1.29, 1.82) is 0 Å². The average molecular weight is 427 g/mol. The van der Waals surface area contributed by atoms with E-state index in [2.05, 4.69) is 25.8 Å². The first kappa shape index (κ1) is 19.3. The van der Waals surface area contributed by atoms with Gasteiger partial charge in [0.15, 0.2) is 5.13 Å². The Morgan fingerprint density at radius 2 is 2.10 bits per heavy atom. The topological polar surface area (TPSA) is 94.8 Å². The fourth-order valence-corrected chi connectivity index (χ4v) is 4.37. The Kier molecular flexibility index (Phi) is 6.01. The molecule has 0 saturated heterocycles. The van der Waals surface area contributed by atoms with Gasteiger partial charge in [0, 0.05) is 12.2 Å². The van der Waals surface area contributed by atoms with E-state index in [0.29, 0.717) is 29.1 Å². The van der Waals surface area contributed by atoms with Crippen molar-refractivity contribution in [3.8, 4) is 11.4 Å². The molecule has 0 unspecified atom stereocenters. The number of carbonyl (C=O) groups excluding carboxylic acids is 1. The summed E-state index contributed by atoms with van der Waals surface area (Å²) in [6.45, 7) is 2.55. The van der Waals surface area contributed by atoms with E-state index in [1.54, 1.807) is 4.68 Å². The second-order valence-electron chi connectivity index (χ2n) is 5.94. The van der Waals surface area contributed by atoms with Crippen LogP contribution in [0.5, 0.6) is 5.75 Å². The van der Waals surface area contributed by atoms with Gasteiger partial charge < -0.3 is 10.1 Å².